The molecule has 4 aliphatic carbocycles. The molecule has 34 heavy (non-hydrogen) atoms. The molecule has 2 fully saturated rings. The number of Topliss-reactive ketones (excluding diaryl/α,β-unsaturated/α-hetero) is 1. The third-order valence-corrected chi connectivity index (χ3v) is 11.8. The first-order chi connectivity index (χ1) is 15.8. The molecule has 0 aliphatic heterocycles. The number of allylic oxidation sites excluding steroid dienone is 3. The number of ether oxygens (including phenoxy) is 1. The molecule has 4 rings (SSSR count). The molecule has 4 aliphatic rings. The molecule has 0 radical (unpaired) electrons. The summed E-state index contributed by atoms with van der Waals surface area (Å²) in [4.78, 5) is 24.6. The predicted molar refractivity (Wildman–Crippen MR) is 138 cm³/mol. The predicted octanol–water partition coefficient (Wildman–Crippen LogP) is 7.84. The maximum atomic E-state index is 12.8. The lowest BCUT2D eigenvalue weighted by molar-refractivity contribution is -0.139. The van der Waals surface area contributed by atoms with Crippen molar-refractivity contribution in [2.45, 2.75) is 113 Å². The number of methoxy groups -OCH3 is 1. The Morgan fingerprint density at radius 3 is 2.41 bits per heavy atom. The van der Waals surface area contributed by atoms with Gasteiger partial charge in [0.25, 0.3) is 0 Å². The van der Waals surface area contributed by atoms with Crippen LogP contribution in [-0.2, 0) is 14.3 Å². The minimum Gasteiger partial charge on any atom is -0.466 e. The van der Waals surface area contributed by atoms with E-state index in [1.165, 1.54) is 45.6 Å². The van der Waals surface area contributed by atoms with Gasteiger partial charge in [0.05, 0.1) is 7.11 Å². The number of rotatable bonds is 5. The second-order valence-corrected chi connectivity index (χ2v) is 13.4. The highest BCUT2D eigenvalue weighted by Gasteiger charge is 2.63. The normalized spacial score (nSPS) is 40.4. The Morgan fingerprint density at radius 2 is 1.74 bits per heavy atom. The van der Waals surface area contributed by atoms with Crippen molar-refractivity contribution in [1.82, 2.24) is 0 Å². The van der Waals surface area contributed by atoms with Crippen LogP contribution in [0.4, 0.5) is 0 Å². The number of ketones is 1. The van der Waals surface area contributed by atoms with Gasteiger partial charge in [0.1, 0.15) is 5.78 Å². The van der Waals surface area contributed by atoms with E-state index in [0.29, 0.717) is 23.0 Å². The molecule has 3 nitrogen and oxygen atoms in total. The van der Waals surface area contributed by atoms with Crippen molar-refractivity contribution in [2.24, 2.45) is 39.4 Å². The Kier molecular flexibility index (Phi) is 6.52. The van der Waals surface area contributed by atoms with Crippen molar-refractivity contribution in [3.8, 4) is 0 Å². The van der Waals surface area contributed by atoms with Gasteiger partial charge in [-0.1, -0.05) is 58.8 Å². The molecule has 6 unspecified atom stereocenters. The number of carbonyl (C=O) groups is 2. The van der Waals surface area contributed by atoms with E-state index in [9.17, 15) is 9.59 Å². The van der Waals surface area contributed by atoms with Gasteiger partial charge in [-0.15, -0.1) is 0 Å². The van der Waals surface area contributed by atoms with Gasteiger partial charge in [-0.2, -0.15) is 0 Å². The topological polar surface area (TPSA) is 43.4 Å². The van der Waals surface area contributed by atoms with E-state index in [4.69, 9.17) is 4.74 Å². The van der Waals surface area contributed by atoms with Crippen molar-refractivity contribution in [3.05, 3.63) is 22.8 Å². The number of hydrogen-bond acceptors (Lipinski definition) is 3. The Morgan fingerprint density at radius 1 is 1.03 bits per heavy atom. The van der Waals surface area contributed by atoms with Crippen LogP contribution in [-0.4, -0.2) is 18.9 Å². The average Bonchev–Trinajstić information content (AvgIpc) is 3.07. The van der Waals surface area contributed by atoms with Crippen molar-refractivity contribution >= 4 is 11.8 Å². The molecule has 2 saturated carbocycles. The number of fused-ring (bicyclic) bond motifs is 4. The molecular weight excluding hydrogens is 420 g/mol. The minimum absolute atomic E-state index is 0.185. The quantitative estimate of drug-likeness (QED) is 0.234. The SMILES string of the molecule is COC(=O)C(C)=CCCC(C)C1CCC2(C)C3=C(CCC12C)C1(C)CCC(=O)C(C)(C)C1CC3. The lowest BCUT2D eigenvalue weighted by Crippen LogP contribution is -2.53. The van der Waals surface area contributed by atoms with Crippen molar-refractivity contribution in [2.75, 3.05) is 7.11 Å². The number of hydrogen-bond donors (Lipinski definition) is 0. The van der Waals surface area contributed by atoms with Crippen molar-refractivity contribution in [3.63, 3.8) is 0 Å². The van der Waals surface area contributed by atoms with E-state index in [-0.39, 0.29) is 22.2 Å². The van der Waals surface area contributed by atoms with Crippen LogP contribution in [0.15, 0.2) is 22.8 Å². The Balaban J connectivity index is 1.58. The summed E-state index contributed by atoms with van der Waals surface area (Å²) in [5.41, 5.74) is 4.93. The average molecular weight is 469 g/mol. The van der Waals surface area contributed by atoms with Gasteiger partial charge in [-0.25, -0.2) is 4.79 Å². The third-order valence-electron chi connectivity index (χ3n) is 11.8. The minimum atomic E-state index is -0.212. The summed E-state index contributed by atoms with van der Waals surface area (Å²) in [5, 5.41) is 0. The van der Waals surface area contributed by atoms with Gasteiger partial charge < -0.3 is 4.74 Å². The lowest BCUT2D eigenvalue weighted by atomic mass is 9.43. The summed E-state index contributed by atoms with van der Waals surface area (Å²) in [6.07, 6.45) is 13.4. The summed E-state index contributed by atoms with van der Waals surface area (Å²) < 4.78 is 4.85. The molecule has 0 aromatic rings. The van der Waals surface area contributed by atoms with Crippen LogP contribution in [0.3, 0.4) is 0 Å². The summed E-state index contributed by atoms with van der Waals surface area (Å²) in [6, 6.07) is 0. The highest BCUT2D eigenvalue weighted by Crippen LogP contribution is 2.72. The smallest absolute Gasteiger partial charge is 0.333 e. The molecule has 3 heteroatoms. The van der Waals surface area contributed by atoms with Crippen LogP contribution in [0.2, 0.25) is 0 Å². The largest absolute Gasteiger partial charge is 0.466 e. The van der Waals surface area contributed by atoms with Gasteiger partial charge in [-0.3, -0.25) is 4.79 Å². The molecule has 0 saturated heterocycles. The third kappa shape index (κ3) is 3.58. The highest BCUT2D eigenvalue weighted by atomic mass is 16.5. The van der Waals surface area contributed by atoms with Crippen molar-refractivity contribution < 1.29 is 14.3 Å². The van der Waals surface area contributed by atoms with Crippen LogP contribution in [0, 0.1) is 39.4 Å². The zero-order valence-electron chi connectivity index (χ0n) is 23.1. The first kappa shape index (κ1) is 25.7. The van der Waals surface area contributed by atoms with Crippen LogP contribution >= 0.6 is 0 Å². The van der Waals surface area contributed by atoms with E-state index in [1.807, 2.05) is 6.92 Å². The Labute approximate surface area is 208 Å². The van der Waals surface area contributed by atoms with Gasteiger partial charge in [0.2, 0.25) is 0 Å². The summed E-state index contributed by atoms with van der Waals surface area (Å²) >= 11 is 0. The van der Waals surface area contributed by atoms with E-state index in [1.54, 1.807) is 11.1 Å². The van der Waals surface area contributed by atoms with Gasteiger partial charge in [-0.05, 0) is 98.7 Å². The molecule has 0 aromatic carbocycles. The first-order valence-corrected chi connectivity index (χ1v) is 13.8. The lowest BCUT2D eigenvalue weighted by Gasteiger charge is -2.61. The summed E-state index contributed by atoms with van der Waals surface area (Å²) in [6.45, 7) is 16.5. The monoisotopic (exact) mass is 468 g/mol. The second kappa shape index (κ2) is 8.63. The molecule has 0 N–H and O–H groups in total. The van der Waals surface area contributed by atoms with Gasteiger partial charge in [0.15, 0.2) is 0 Å². The van der Waals surface area contributed by atoms with Gasteiger partial charge >= 0.3 is 5.97 Å². The Bertz CT molecular complexity index is 923. The van der Waals surface area contributed by atoms with E-state index < -0.39 is 0 Å². The second-order valence-electron chi connectivity index (χ2n) is 13.4. The van der Waals surface area contributed by atoms with E-state index >= 15 is 0 Å². The molecule has 0 amide bonds. The molecule has 190 valence electrons. The van der Waals surface area contributed by atoms with E-state index in [2.05, 4.69) is 47.6 Å². The number of esters is 1. The van der Waals surface area contributed by atoms with E-state index in [0.717, 1.165) is 37.2 Å². The molecular formula is C31H48O3. The van der Waals surface area contributed by atoms with Crippen LogP contribution in [0.25, 0.3) is 0 Å². The fourth-order valence-corrected chi connectivity index (χ4v) is 9.45. The van der Waals surface area contributed by atoms with Crippen LogP contribution < -0.4 is 0 Å². The highest BCUT2D eigenvalue weighted by molar-refractivity contribution is 5.87. The fraction of sp³-hybridized carbons (Fsp3) is 0.806. The molecule has 0 spiro atoms. The van der Waals surface area contributed by atoms with Crippen LogP contribution in [0.1, 0.15) is 113 Å². The zero-order valence-corrected chi connectivity index (χ0v) is 23.1. The van der Waals surface area contributed by atoms with Crippen LogP contribution in [0.5, 0.6) is 0 Å². The zero-order chi connectivity index (χ0) is 25.1. The summed E-state index contributed by atoms with van der Waals surface area (Å²) in [7, 11) is 1.45. The number of carbonyl (C=O) groups excluding carboxylic acids is 2. The Hall–Kier alpha value is -1.38. The molecule has 0 aromatic heterocycles. The summed E-state index contributed by atoms with van der Waals surface area (Å²) in [5.74, 6) is 2.14. The van der Waals surface area contributed by atoms with Crippen molar-refractivity contribution in [1.29, 1.82) is 0 Å². The fourth-order valence-electron chi connectivity index (χ4n) is 9.45. The molecule has 0 bridgehead atoms. The first-order valence-electron chi connectivity index (χ1n) is 13.8. The van der Waals surface area contributed by atoms with Gasteiger partial charge in [0, 0.05) is 17.4 Å². The maximum Gasteiger partial charge on any atom is 0.333 e. The molecule has 6 atom stereocenters. The standard InChI is InChI=1S/C31H48O3/c1-20(10-9-11-21(2)27(33)34-8)22-14-18-31(7)24-12-13-25-28(3,4)26(32)16-17-29(25,5)23(24)15-19-30(22,31)6/h11,20,22,25H,9-10,12-19H2,1-8H3. The maximum absolute atomic E-state index is 12.8. The molecule has 0 heterocycles.